The van der Waals surface area contributed by atoms with Crippen molar-refractivity contribution in [3.63, 3.8) is 0 Å². The van der Waals surface area contributed by atoms with Crippen molar-refractivity contribution in [1.82, 2.24) is 9.97 Å². The Bertz CT molecular complexity index is 1440. The maximum atomic E-state index is 13.7. The zero-order valence-electron chi connectivity index (χ0n) is 20.2. The molecule has 0 unspecified atom stereocenters. The van der Waals surface area contributed by atoms with Crippen molar-refractivity contribution in [2.75, 3.05) is 5.32 Å². The molecule has 0 atom stereocenters. The summed E-state index contributed by atoms with van der Waals surface area (Å²) in [5.74, 6) is -3.63. The van der Waals surface area contributed by atoms with Gasteiger partial charge in [-0.2, -0.15) is 8.78 Å². The van der Waals surface area contributed by atoms with Crippen molar-refractivity contribution in [3.05, 3.63) is 95.4 Å². The molecule has 9 heteroatoms. The Morgan fingerprint density at radius 1 is 0.892 bits per heavy atom. The van der Waals surface area contributed by atoms with Crippen LogP contribution in [0.15, 0.2) is 72.8 Å². The number of amides is 1. The standard InChI is InChI=1S/C28H23F4N3O2/c1-16-24(19-12-13-23(37-27(29)30)22(14-19)18-8-5-4-6-9-18)33-17(2)25(34-16)26(36)35-21-11-7-10-20(15-21)28(3,31)32/h4-15,27H,1-3H3,(H,35,36). The van der Waals surface area contributed by atoms with E-state index in [1.165, 1.54) is 30.3 Å². The first-order valence-electron chi connectivity index (χ1n) is 11.3. The zero-order chi connectivity index (χ0) is 26.7. The molecule has 190 valence electrons. The lowest BCUT2D eigenvalue weighted by Gasteiger charge is -2.15. The molecule has 3 aromatic carbocycles. The van der Waals surface area contributed by atoms with E-state index in [0.717, 1.165) is 6.92 Å². The third-order valence-electron chi connectivity index (χ3n) is 5.64. The summed E-state index contributed by atoms with van der Waals surface area (Å²) in [4.78, 5) is 21.9. The number of nitrogens with zero attached hydrogens (tertiary/aromatic N) is 2. The molecule has 1 amide bonds. The Hall–Kier alpha value is -4.27. The zero-order valence-corrected chi connectivity index (χ0v) is 20.2. The highest BCUT2D eigenvalue weighted by Gasteiger charge is 2.25. The molecular formula is C28H23F4N3O2. The van der Waals surface area contributed by atoms with Crippen LogP contribution >= 0.6 is 0 Å². The number of aromatic nitrogens is 2. The van der Waals surface area contributed by atoms with Gasteiger partial charge in [-0.05, 0) is 49.7 Å². The lowest BCUT2D eigenvalue weighted by atomic mass is 9.99. The van der Waals surface area contributed by atoms with Crippen molar-refractivity contribution < 1.29 is 27.1 Å². The van der Waals surface area contributed by atoms with E-state index in [0.29, 0.717) is 33.8 Å². The predicted octanol–water partition coefficient (Wildman–Crippen LogP) is 7.39. The van der Waals surface area contributed by atoms with Crippen LogP contribution in [0.1, 0.15) is 34.4 Å². The lowest BCUT2D eigenvalue weighted by molar-refractivity contribution is -0.0494. The molecule has 4 rings (SSSR count). The Balaban J connectivity index is 1.68. The van der Waals surface area contributed by atoms with Gasteiger partial charge in [0.25, 0.3) is 11.8 Å². The van der Waals surface area contributed by atoms with Gasteiger partial charge < -0.3 is 10.1 Å². The summed E-state index contributed by atoms with van der Waals surface area (Å²) in [5, 5.41) is 2.59. The number of aryl methyl sites for hydroxylation is 2. The fraction of sp³-hybridized carbons (Fsp3) is 0.179. The number of carbonyl (C=O) groups is 1. The van der Waals surface area contributed by atoms with Crippen molar-refractivity contribution in [1.29, 1.82) is 0 Å². The number of benzene rings is 3. The van der Waals surface area contributed by atoms with Gasteiger partial charge in [0.2, 0.25) is 0 Å². The van der Waals surface area contributed by atoms with Crippen molar-refractivity contribution in [2.45, 2.75) is 33.3 Å². The Morgan fingerprint density at radius 2 is 1.62 bits per heavy atom. The van der Waals surface area contributed by atoms with Crippen LogP contribution in [0.25, 0.3) is 22.4 Å². The highest BCUT2D eigenvalue weighted by molar-refractivity contribution is 6.03. The van der Waals surface area contributed by atoms with Gasteiger partial charge in [0.05, 0.1) is 17.1 Å². The molecule has 5 nitrogen and oxygen atoms in total. The summed E-state index contributed by atoms with van der Waals surface area (Å²) in [6.45, 7) is 1.07. The van der Waals surface area contributed by atoms with E-state index >= 15 is 0 Å². The van der Waals surface area contributed by atoms with E-state index in [1.807, 2.05) is 6.07 Å². The maximum absolute atomic E-state index is 13.7. The number of hydrogen-bond donors (Lipinski definition) is 1. The molecule has 0 aliphatic carbocycles. The molecule has 0 saturated heterocycles. The van der Waals surface area contributed by atoms with Crippen molar-refractivity contribution in [2.24, 2.45) is 0 Å². The summed E-state index contributed by atoms with van der Waals surface area (Å²) < 4.78 is 58.0. The molecule has 0 radical (unpaired) electrons. The molecule has 1 aromatic heterocycles. The van der Waals surface area contributed by atoms with Crippen LogP contribution in [0.2, 0.25) is 0 Å². The monoisotopic (exact) mass is 509 g/mol. The summed E-state index contributed by atoms with van der Waals surface area (Å²) in [7, 11) is 0. The lowest BCUT2D eigenvalue weighted by Crippen LogP contribution is -2.18. The average molecular weight is 510 g/mol. The van der Waals surface area contributed by atoms with Crippen molar-refractivity contribution in [3.8, 4) is 28.1 Å². The molecule has 1 N–H and O–H groups in total. The van der Waals surface area contributed by atoms with Gasteiger partial charge in [-0.1, -0.05) is 42.5 Å². The fourth-order valence-electron chi connectivity index (χ4n) is 3.87. The first-order valence-corrected chi connectivity index (χ1v) is 11.3. The second-order valence-corrected chi connectivity index (χ2v) is 8.47. The minimum Gasteiger partial charge on any atom is -0.434 e. The number of nitrogens with one attached hydrogen (secondary N) is 1. The molecule has 0 fully saturated rings. The van der Waals surface area contributed by atoms with E-state index in [1.54, 1.807) is 50.2 Å². The third-order valence-corrected chi connectivity index (χ3v) is 5.64. The Labute approximate surface area is 211 Å². The van der Waals surface area contributed by atoms with Gasteiger partial charge in [0, 0.05) is 29.3 Å². The van der Waals surface area contributed by atoms with E-state index in [9.17, 15) is 22.4 Å². The second kappa shape index (κ2) is 10.4. The number of hydrogen-bond acceptors (Lipinski definition) is 4. The van der Waals surface area contributed by atoms with Gasteiger partial charge in [-0.25, -0.2) is 18.7 Å². The molecule has 0 bridgehead atoms. The van der Waals surface area contributed by atoms with Crippen molar-refractivity contribution >= 4 is 11.6 Å². The molecule has 0 saturated carbocycles. The summed E-state index contributed by atoms with van der Waals surface area (Å²) in [6.07, 6.45) is 0. The van der Waals surface area contributed by atoms with Crippen LogP contribution in [0.5, 0.6) is 5.75 Å². The first kappa shape index (κ1) is 25.8. The van der Waals surface area contributed by atoms with Crippen LogP contribution in [-0.2, 0) is 5.92 Å². The Kier molecular flexibility index (Phi) is 7.24. The van der Waals surface area contributed by atoms with E-state index < -0.39 is 18.4 Å². The van der Waals surface area contributed by atoms with Gasteiger partial charge in [0.1, 0.15) is 11.4 Å². The fourth-order valence-corrected chi connectivity index (χ4v) is 3.87. The normalized spacial score (nSPS) is 11.5. The molecule has 0 aliphatic rings. The number of ether oxygens (including phenoxy) is 1. The first-order chi connectivity index (χ1) is 17.5. The number of halogens is 4. The number of alkyl halides is 4. The van der Waals surface area contributed by atoms with Gasteiger partial charge in [-0.15, -0.1) is 0 Å². The third kappa shape index (κ3) is 5.94. The summed E-state index contributed by atoms with van der Waals surface area (Å²) >= 11 is 0. The minimum atomic E-state index is -3.05. The molecule has 4 aromatic rings. The van der Waals surface area contributed by atoms with Crippen LogP contribution in [-0.4, -0.2) is 22.5 Å². The summed E-state index contributed by atoms with van der Waals surface area (Å²) in [5.41, 5.74) is 2.93. The molecule has 0 aliphatic heterocycles. The molecule has 37 heavy (non-hydrogen) atoms. The summed E-state index contributed by atoms with van der Waals surface area (Å²) in [6, 6.07) is 19.1. The number of anilines is 1. The SMILES string of the molecule is Cc1nc(-c2ccc(OC(F)F)c(-c3ccccc3)c2)c(C)nc1C(=O)Nc1cccc(C(C)(F)F)c1. The van der Waals surface area contributed by atoms with Gasteiger partial charge in [0.15, 0.2) is 0 Å². The van der Waals surface area contributed by atoms with Crippen LogP contribution in [0.4, 0.5) is 23.2 Å². The van der Waals surface area contributed by atoms with E-state index in [-0.39, 0.29) is 22.7 Å². The highest BCUT2D eigenvalue weighted by atomic mass is 19.3. The van der Waals surface area contributed by atoms with Crippen LogP contribution < -0.4 is 10.1 Å². The predicted molar refractivity (Wildman–Crippen MR) is 133 cm³/mol. The second-order valence-electron chi connectivity index (χ2n) is 8.47. The topological polar surface area (TPSA) is 64.1 Å². The Morgan fingerprint density at radius 3 is 2.30 bits per heavy atom. The molecular weight excluding hydrogens is 486 g/mol. The average Bonchev–Trinajstić information content (AvgIpc) is 2.85. The smallest absolute Gasteiger partial charge is 0.387 e. The van der Waals surface area contributed by atoms with Gasteiger partial charge >= 0.3 is 6.61 Å². The quantitative estimate of drug-likeness (QED) is 0.264. The minimum absolute atomic E-state index is 0.0168. The number of rotatable bonds is 7. The van der Waals surface area contributed by atoms with Crippen LogP contribution in [0, 0.1) is 13.8 Å². The highest BCUT2D eigenvalue weighted by Crippen LogP contribution is 2.35. The van der Waals surface area contributed by atoms with E-state index in [2.05, 4.69) is 15.3 Å². The maximum Gasteiger partial charge on any atom is 0.387 e. The van der Waals surface area contributed by atoms with Crippen LogP contribution in [0.3, 0.4) is 0 Å². The molecule has 1 heterocycles. The largest absolute Gasteiger partial charge is 0.434 e. The number of carbonyl (C=O) groups excluding carboxylic acids is 1. The van der Waals surface area contributed by atoms with Gasteiger partial charge in [-0.3, -0.25) is 4.79 Å². The molecule has 0 spiro atoms. The van der Waals surface area contributed by atoms with E-state index in [4.69, 9.17) is 4.74 Å².